The summed E-state index contributed by atoms with van der Waals surface area (Å²) in [5.41, 5.74) is 0. The lowest BCUT2D eigenvalue weighted by Crippen LogP contribution is -2.45. The van der Waals surface area contributed by atoms with Crippen molar-refractivity contribution in [3.05, 3.63) is 11.6 Å². The largest absolute Gasteiger partial charge is 0.353 e. The summed E-state index contributed by atoms with van der Waals surface area (Å²) >= 11 is 1.70. The van der Waals surface area contributed by atoms with Gasteiger partial charge in [-0.15, -0.1) is 11.3 Å². The number of carbonyl (C=O) groups is 1. The third-order valence-corrected chi connectivity index (χ3v) is 5.58. The molecule has 1 amide bonds. The van der Waals surface area contributed by atoms with Crippen LogP contribution in [0.25, 0.3) is 0 Å². The van der Waals surface area contributed by atoms with Gasteiger partial charge in [-0.1, -0.05) is 19.3 Å². The maximum Gasteiger partial charge on any atom is 0.220 e. The lowest BCUT2D eigenvalue weighted by atomic mass is 9.86. The first-order valence-corrected chi connectivity index (χ1v) is 9.13. The topological polar surface area (TPSA) is 45.2 Å². The van der Waals surface area contributed by atoms with Crippen molar-refractivity contribution in [2.75, 3.05) is 18.0 Å². The van der Waals surface area contributed by atoms with E-state index >= 15 is 0 Å². The van der Waals surface area contributed by atoms with Crippen LogP contribution in [-0.2, 0) is 4.79 Å². The number of piperidine rings is 1. The van der Waals surface area contributed by atoms with Gasteiger partial charge in [0.15, 0.2) is 5.13 Å². The van der Waals surface area contributed by atoms with Crippen LogP contribution in [0.2, 0.25) is 0 Å². The second kappa shape index (κ2) is 7.25. The summed E-state index contributed by atoms with van der Waals surface area (Å²) < 4.78 is 0. The van der Waals surface area contributed by atoms with Crippen LogP contribution in [0.15, 0.2) is 11.6 Å². The number of hydrogen-bond acceptors (Lipinski definition) is 4. The zero-order valence-corrected chi connectivity index (χ0v) is 13.4. The molecule has 0 bridgehead atoms. The number of hydrogen-bond donors (Lipinski definition) is 1. The maximum atomic E-state index is 12.2. The van der Waals surface area contributed by atoms with Crippen LogP contribution in [0.1, 0.15) is 51.4 Å². The summed E-state index contributed by atoms with van der Waals surface area (Å²) in [6, 6.07) is 0.359. The van der Waals surface area contributed by atoms with E-state index in [1.165, 1.54) is 32.1 Å². The molecule has 3 rings (SSSR count). The fourth-order valence-electron chi connectivity index (χ4n) is 3.53. The fourth-order valence-corrected chi connectivity index (χ4v) is 4.22. The van der Waals surface area contributed by atoms with Crippen molar-refractivity contribution < 1.29 is 4.79 Å². The normalized spacial score (nSPS) is 21.4. The Morgan fingerprint density at radius 3 is 2.67 bits per heavy atom. The number of rotatable bonds is 4. The van der Waals surface area contributed by atoms with Gasteiger partial charge >= 0.3 is 0 Å². The molecular weight excluding hydrogens is 282 g/mol. The minimum absolute atomic E-state index is 0.273. The van der Waals surface area contributed by atoms with Crippen LogP contribution in [0, 0.1) is 5.92 Å². The van der Waals surface area contributed by atoms with Crippen LogP contribution >= 0.6 is 11.3 Å². The highest BCUT2D eigenvalue weighted by molar-refractivity contribution is 7.13. The lowest BCUT2D eigenvalue weighted by molar-refractivity contribution is -0.123. The number of amides is 1. The average molecular weight is 307 g/mol. The molecule has 1 N–H and O–H groups in total. The zero-order valence-electron chi connectivity index (χ0n) is 12.6. The van der Waals surface area contributed by atoms with Gasteiger partial charge in [0.05, 0.1) is 0 Å². The fraction of sp³-hybridized carbons (Fsp3) is 0.750. The number of nitrogens with one attached hydrogen (secondary N) is 1. The minimum Gasteiger partial charge on any atom is -0.353 e. The van der Waals surface area contributed by atoms with E-state index in [4.69, 9.17) is 0 Å². The average Bonchev–Trinajstić information content (AvgIpc) is 3.03. The monoisotopic (exact) mass is 307 g/mol. The van der Waals surface area contributed by atoms with Crippen molar-refractivity contribution >= 4 is 22.4 Å². The smallest absolute Gasteiger partial charge is 0.220 e. The lowest BCUT2D eigenvalue weighted by Gasteiger charge is -2.32. The minimum atomic E-state index is 0.273. The van der Waals surface area contributed by atoms with Gasteiger partial charge in [-0.3, -0.25) is 4.79 Å². The van der Waals surface area contributed by atoms with E-state index in [1.54, 1.807) is 11.3 Å². The number of carbonyl (C=O) groups excluding carboxylic acids is 1. The molecule has 1 aliphatic carbocycles. The van der Waals surface area contributed by atoms with Crippen molar-refractivity contribution in [1.29, 1.82) is 0 Å². The number of anilines is 1. The quantitative estimate of drug-likeness (QED) is 0.929. The second-order valence-electron chi connectivity index (χ2n) is 6.35. The van der Waals surface area contributed by atoms with Crippen molar-refractivity contribution in [2.24, 2.45) is 5.92 Å². The van der Waals surface area contributed by atoms with Crippen LogP contribution in [0.5, 0.6) is 0 Å². The molecule has 1 saturated carbocycles. The van der Waals surface area contributed by atoms with Gasteiger partial charge in [-0.25, -0.2) is 4.98 Å². The van der Waals surface area contributed by atoms with Gasteiger partial charge in [0.25, 0.3) is 0 Å². The predicted octanol–water partition coefficient (Wildman–Crippen LogP) is 3.20. The van der Waals surface area contributed by atoms with Gasteiger partial charge in [0, 0.05) is 37.1 Å². The van der Waals surface area contributed by atoms with Gasteiger partial charge in [0.1, 0.15) is 0 Å². The summed E-state index contributed by atoms with van der Waals surface area (Å²) in [5, 5.41) is 6.38. The SMILES string of the molecule is O=C(CC1CCCCC1)NC1CCN(c2nccs2)CC1. The molecule has 1 aromatic heterocycles. The Morgan fingerprint density at radius 2 is 2.00 bits per heavy atom. The summed E-state index contributed by atoms with van der Waals surface area (Å²) in [4.78, 5) is 18.8. The molecule has 1 aromatic rings. The van der Waals surface area contributed by atoms with Gasteiger partial charge in [-0.05, 0) is 31.6 Å². The summed E-state index contributed by atoms with van der Waals surface area (Å²) in [6.07, 6.45) is 11.1. The van der Waals surface area contributed by atoms with E-state index in [2.05, 4.69) is 15.2 Å². The number of thiazole rings is 1. The third-order valence-electron chi connectivity index (χ3n) is 4.75. The van der Waals surface area contributed by atoms with Crippen LogP contribution < -0.4 is 10.2 Å². The summed E-state index contributed by atoms with van der Waals surface area (Å²) in [5.74, 6) is 0.906. The Morgan fingerprint density at radius 1 is 1.24 bits per heavy atom. The van der Waals surface area contributed by atoms with Gasteiger partial charge in [0.2, 0.25) is 5.91 Å². The molecule has 4 nitrogen and oxygen atoms in total. The number of aromatic nitrogens is 1. The molecule has 1 aliphatic heterocycles. The molecule has 0 unspecified atom stereocenters. The van der Waals surface area contributed by atoms with E-state index in [9.17, 15) is 4.79 Å². The highest BCUT2D eigenvalue weighted by atomic mass is 32.1. The Labute approximate surface area is 130 Å². The zero-order chi connectivity index (χ0) is 14.5. The van der Waals surface area contributed by atoms with Gasteiger partial charge in [-0.2, -0.15) is 0 Å². The van der Waals surface area contributed by atoms with Crippen LogP contribution in [0.3, 0.4) is 0 Å². The summed E-state index contributed by atoms with van der Waals surface area (Å²) in [6.45, 7) is 2.00. The van der Waals surface area contributed by atoms with E-state index in [0.717, 1.165) is 37.5 Å². The van der Waals surface area contributed by atoms with E-state index in [0.29, 0.717) is 12.0 Å². The first-order valence-electron chi connectivity index (χ1n) is 8.25. The van der Waals surface area contributed by atoms with E-state index < -0.39 is 0 Å². The molecule has 2 heterocycles. The molecule has 21 heavy (non-hydrogen) atoms. The van der Waals surface area contributed by atoms with Crippen molar-refractivity contribution in [3.63, 3.8) is 0 Å². The molecule has 1 saturated heterocycles. The first-order chi connectivity index (χ1) is 10.3. The van der Waals surface area contributed by atoms with Crippen LogP contribution in [0.4, 0.5) is 5.13 Å². The molecule has 2 fully saturated rings. The first kappa shape index (κ1) is 14.8. The highest BCUT2D eigenvalue weighted by Crippen LogP contribution is 2.26. The standard InChI is InChI=1S/C16H25N3OS/c20-15(12-13-4-2-1-3-5-13)18-14-6-9-19(10-7-14)16-17-8-11-21-16/h8,11,13-14H,1-7,9-10,12H2,(H,18,20). The molecule has 2 aliphatic rings. The highest BCUT2D eigenvalue weighted by Gasteiger charge is 2.23. The second-order valence-corrected chi connectivity index (χ2v) is 7.22. The molecule has 0 spiro atoms. The summed E-state index contributed by atoms with van der Waals surface area (Å²) in [7, 11) is 0. The molecule has 0 atom stereocenters. The van der Waals surface area contributed by atoms with E-state index in [-0.39, 0.29) is 5.91 Å². The molecule has 0 radical (unpaired) electrons. The van der Waals surface area contributed by atoms with E-state index in [1.807, 2.05) is 11.6 Å². The molecule has 0 aromatic carbocycles. The molecule has 116 valence electrons. The van der Waals surface area contributed by atoms with Crippen molar-refractivity contribution in [2.45, 2.75) is 57.4 Å². The number of nitrogens with zero attached hydrogens (tertiary/aromatic N) is 2. The predicted molar refractivity (Wildman–Crippen MR) is 86.7 cm³/mol. The Kier molecular flexibility index (Phi) is 5.12. The van der Waals surface area contributed by atoms with Crippen molar-refractivity contribution in [3.8, 4) is 0 Å². The Bertz CT molecular complexity index is 434. The Hall–Kier alpha value is -1.10. The Balaban J connectivity index is 1.39. The van der Waals surface area contributed by atoms with Crippen LogP contribution in [-0.4, -0.2) is 30.0 Å². The molecular formula is C16H25N3OS. The maximum absolute atomic E-state index is 12.2. The van der Waals surface area contributed by atoms with Gasteiger partial charge < -0.3 is 10.2 Å². The van der Waals surface area contributed by atoms with Crippen molar-refractivity contribution in [1.82, 2.24) is 10.3 Å². The third kappa shape index (κ3) is 4.19. The molecule has 5 heteroatoms.